The van der Waals surface area contributed by atoms with Crippen molar-refractivity contribution < 1.29 is 5.11 Å². The van der Waals surface area contributed by atoms with E-state index in [1.54, 1.807) is 29.9 Å². The lowest BCUT2D eigenvalue weighted by Gasteiger charge is -2.08. The number of aromatic hydroxyl groups is 1. The molecule has 3 rings (SSSR count). The summed E-state index contributed by atoms with van der Waals surface area (Å²) in [6, 6.07) is 7.97. The average Bonchev–Trinajstić information content (AvgIpc) is 3.16. The standard InChI is InChI=1S/C19H14N6O/c1-5-6-7-8-11-25-18(13(2)14(3)21-25)16-12-15(9-10-17(16)26)19-20-22-23-24(19)4/h1,9-10,12,26H,2-4H3. The maximum atomic E-state index is 10.4. The summed E-state index contributed by atoms with van der Waals surface area (Å²) in [7, 11) is 1.75. The van der Waals surface area contributed by atoms with Crippen LogP contribution in [-0.2, 0) is 7.05 Å². The number of phenols is 1. The molecule has 0 fully saturated rings. The second kappa shape index (κ2) is 6.84. The number of nitrogens with zero attached hydrogens (tertiary/aromatic N) is 6. The summed E-state index contributed by atoms with van der Waals surface area (Å²) in [6.45, 7) is 3.79. The zero-order valence-electron chi connectivity index (χ0n) is 14.4. The molecule has 0 aliphatic carbocycles. The van der Waals surface area contributed by atoms with Crippen molar-refractivity contribution in [3.05, 3.63) is 29.5 Å². The van der Waals surface area contributed by atoms with E-state index in [0.29, 0.717) is 17.1 Å². The van der Waals surface area contributed by atoms with Gasteiger partial charge in [-0.3, -0.25) is 0 Å². The highest BCUT2D eigenvalue weighted by Gasteiger charge is 2.18. The molecular weight excluding hydrogens is 328 g/mol. The molecular formula is C19H14N6O. The number of hydrogen-bond donors (Lipinski definition) is 1. The molecule has 2 heterocycles. The quantitative estimate of drug-likeness (QED) is 0.714. The highest BCUT2D eigenvalue weighted by atomic mass is 16.3. The summed E-state index contributed by atoms with van der Waals surface area (Å²) in [5.41, 5.74) is 3.70. The Morgan fingerprint density at radius 1 is 1.15 bits per heavy atom. The first-order valence-electron chi connectivity index (χ1n) is 7.62. The van der Waals surface area contributed by atoms with Crippen LogP contribution in [0, 0.1) is 50.0 Å². The molecule has 1 N–H and O–H groups in total. The van der Waals surface area contributed by atoms with Crippen molar-refractivity contribution in [3.63, 3.8) is 0 Å². The normalized spacial score (nSPS) is 9.62. The molecule has 0 atom stereocenters. The molecule has 0 amide bonds. The van der Waals surface area contributed by atoms with Crippen molar-refractivity contribution in [2.75, 3.05) is 0 Å². The zero-order chi connectivity index (χ0) is 18.7. The molecule has 0 aliphatic rings. The molecule has 0 aliphatic heterocycles. The molecule has 0 saturated heterocycles. The Balaban J connectivity index is 2.19. The Bertz CT molecular complexity index is 1150. The van der Waals surface area contributed by atoms with Gasteiger partial charge in [0.05, 0.1) is 11.4 Å². The number of hydrogen-bond acceptors (Lipinski definition) is 5. The van der Waals surface area contributed by atoms with E-state index < -0.39 is 0 Å². The smallest absolute Gasteiger partial charge is 0.181 e. The van der Waals surface area contributed by atoms with Crippen LogP contribution in [0.5, 0.6) is 5.75 Å². The second-order valence-electron chi connectivity index (χ2n) is 5.46. The van der Waals surface area contributed by atoms with E-state index in [-0.39, 0.29) is 5.75 Å². The van der Waals surface area contributed by atoms with E-state index in [9.17, 15) is 5.11 Å². The zero-order valence-corrected chi connectivity index (χ0v) is 14.4. The average molecular weight is 342 g/mol. The Morgan fingerprint density at radius 2 is 1.96 bits per heavy atom. The number of benzene rings is 1. The first kappa shape index (κ1) is 16.8. The summed E-state index contributed by atoms with van der Waals surface area (Å²) in [6.07, 6.45) is 5.09. The third-order valence-corrected chi connectivity index (χ3v) is 3.85. The number of terminal acetylenes is 1. The number of phenolic OH excluding ortho intramolecular Hbond substituents is 1. The first-order chi connectivity index (χ1) is 12.5. The molecule has 0 spiro atoms. The van der Waals surface area contributed by atoms with E-state index in [0.717, 1.165) is 16.8 Å². The number of aromatic nitrogens is 6. The fourth-order valence-electron chi connectivity index (χ4n) is 2.49. The Labute approximate surface area is 150 Å². The van der Waals surface area contributed by atoms with Gasteiger partial charge in [0.1, 0.15) is 5.75 Å². The SMILES string of the molecule is C#CC#CC#Cn1nc(C)c(C)c1-c1cc(-c2nnnn2C)ccc1O. The summed E-state index contributed by atoms with van der Waals surface area (Å²) in [5.74, 6) is 10.5. The first-order valence-corrected chi connectivity index (χ1v) is 7.62. The molecule has 0 unspecified atom stereocenters. The summed E-state index contributed by atoms with van der Waals surface area (Å²) in [5, 5.41) is 26.3. The van der Waals surface area contributed by atoms with Crippen LogP contribution in [0.3, 0.4) is 0 Å². The molecule has 7 nitrogen and oxygen atoms in total. The number of rotatable bonds is 2. The van der Waals surface area contributed by atoms with Crippen molar-refractivity contribution in [2.24, 2.45) is 7.05 Å². The minimum absolute atomic E-state index is 0.102. The number of aryl methyl sites for hydroxylation is 2. The van der Waals surface area contributed by atoms with Crippen LogP contribution < -0.4 is 0 Å². The van der Waals surface area contributed by atoms with E-state index in [4.69, 9.17) is 6.42 Å². The van der Waals surface area contributed by atoms with Crippen LogP contribution in [0.2, 0.25) is 0 Å². The van der Waals surface area contributed by atoms with E-state index in [1.165, 1.54) is 4.68 Å². The van der Waals surface area contributed by atoms with Gasteiger partial charge in [0.2, 0.25) is 0 Å². The van der Waals surface area contributed by atoms with Gasteiger partial charge in [0.25, 0.3) is 0 Å². The monoisotopic (exact) mass is 342 g/mol. The number of tetrazole rings is 1. The third-order valence-electron chi connectivity index (χ3n) is 3.85. The molecule has 7 heteroatoms. The van der Waals surface area contributed by atoms with E-state index in [1.807, 2.05) is 13.8 Å². The van der Waals surface area contributed by atoms with Crippen molar-refractivity contribution in [1.82, 2.24) is 30.0 Å². The third kappa shape index (κ3) is 3.00. The van der Waals surface area contributed by atoms with Gasteiger partial charge in [0.15, 0.2) is 5.82 Å². The maximum absolute atomic E-state index is 10.4. The lowest BCUT2D eigenvalue weighted by atomic mass is 10.0. The highest BCUT2D eigenvalue weighted by molar-refractivity contribution is 5.76. The maximum Gasteiger partial charge on any atom is 0.181 e. The van der Waals surface area contributed by atoms with Gasteiger partial charge < -0.3 is 5.11 Å². The van der Waals surface area contributed by atoms with Gasteiger partial charge in [-0.2, -0.15) is 9.78 Å². The molecule has 126 valence electrons. The van der Waals surface area contributed by atoms with Gasteiger partial charge in [-0.1, -0.05) is 0 Å². The minimum atomic E-state index is 0.102. The van der Waals surface area contributed by atoms with Crippen LogP contribution in [-0.4, -0.2) is 35.1 Å². The fourth-order valence-corrected chi connectivity index (χ4v) is 2.49. The van der Waals surface area contributed by atoms with Gasteiger partial charge >= 0.3 is 0 Å². The van der Waals surface area contributed by atoms with Crippen LogP contribution in [0.25, 0.3) is 22.6 Å². The molecule has 26 heavy (non-hydrogen) atoms. The Hall–Kier alpha value is -4.02. The molecule has 0 saturated carbocycles. The molecule has 1 aromatic carbocycles. The fraction of sp³-hybridized carbons (Fsp3) is 0.158. The predicted molar refractivity (Wildman–Crippen MR) is 96.4 cm³/mol. The van der Waals surface area contributed by atoms with Crippen LogP contribution in [0.15, 0.2) is 18.2 Å². The lowest BCUT2D eigenvalue weighted by molar-refractivity contribution is 0.477. The van der Waals surface area contributed by atoms with Crippen LogP contribution in [0.1, 0.15) is 11.3 Å². The van der Waals surface area contributed by atoms with Crippen LogP contribution >= 0.6 is 0 Å². The predicted octanol–water partition coefficient (Wildman–Crippen LogP) is 1.51. The van der Waals surface area contributed by atoms with Crippen molar-refractivity contribution >= 4 is 0 Å². The molecule has 0 bridgehead atoms. The lowest BCUT2D eigenvalue weighted by Crippen LogP contribution is -1.98. The summed E-state index contributed by atoms with van der Waals surface area (Å²) >= 11 is 0. The van der Waals surface area contributed by atoms with Crippen LogP contribution in [0.4, 0.5) is 0 Å². The van der Waals surface area contributed by atoms with Gasteiger partial charge in [-0.05, 0) is 59.9 Å². The van der Waals surface area contributed by atoms with Crippen molar-refractivity contribution in [2.45, 2.75) is 13.8 Å². The molecule has 2 aromatic heterocycles. The van der Waals surface area contributed by atoms with Crippen molar-refractivity contribution in [3.8, 4) is 64.5 Å². The Morgan fingerprint density at radius 3 is 2.65 bits per heavy atom. The second-order valence-corrected chi connectivity index (χ2v) is 5.46. The van der Waals surface area contributed by atoms with E-state index >= 15 is 0 Å². The minimum Gasteiger partial charge on any atom is -0.507 e. The van der Waals surface area contributed by atoms with Gasteiger partial charge in [0, 0.05) is 36.1 Å². The summed E-state index contributed by atoms with van der Waals surface area (Å²) < 4.78 is 3.05. The topological polar surface area (TPSA) is 81.7 Å². The van der Waals surface area contributed by atoms with E-state index in [2.05, 4.69) is 50.4 Å². The van der Waals surface area contributed by atoms with Gasteiger partial charge in [-0.15, -0.1) is 11.5 Å². The molecule has 3 aromatic rings. The van der Waals surface area contributed by atoms with Crippen molar-refractivity contribution in [1.29, 1.82) is 0 Å². The molecule has 0 radical (unpaired) electrons. The summed E-state index contributed by atoms with van der Waals surface area (Å²) in [4.78, 5) is 0. The highest BCUT2D eigenvalue weighted by Crippen LogP contribution is 2.35. The Kier molecular flexibility index (Phi) is 4.43. The van der Waals surface area contributed by atoms with Gasteiger partial charge in [-0.25, -0.2) is 4.68 Å². The largest absolute Gasteiger partial charge is 0.507 e.